The van der Waals surface area contributed by atoms with Crippen molar-refractivity contribution < 1.29 is 13.2 Å². The van der Waals surface area contributed by atoms with E-state index in [-0.39, 0.29) is 6.54 Å². The summed E-state index contributed by atoms with van der Waals surface area (Å²) in [4.78, 5) is 1.76. The Bertz CT molecular complexity index is 161. The van der Waals surface area contributed by atoms with Gasteiger partial charge in [0.25, 0.3) is 0 Å². The molecule has 0 saturated carbocycles. The average Bonchev–Trinajstić information content (AvgIpc) is 2.13. The first-order valence-corrected chi connectivity index (χ1v) is 6.32. The Balaban J connectivity index is 3.75. The fraction of sp³-hybridized carbons (Fsp3) is 1.00. The number of hydrogen-bond donors (Lipinski definition) is 0. The van der Waals surface area contributed by atoms with Crippen LogP contribution in [-0.2, 0) is 0 Å². The highest BCUT2D eigenvalue weighted by Crippen LogP contribution is 2.20. The third-order valence-corrected chi connectivity index (χ3v) is 3.18. The van der Waals surface area contributed by atoms with Crippen LogP contribution in [-0.4, -0.2) is 36.5 Å². The Morgan fingerprint density at radius 1 is 1.33 bits per heavy atom. The van der Waals surface area contributed by atoms with Crippen LogP contribution in [0.5, 0.6) is 0 Å². The summed E-state index contributed by atoms with van der Waals surface area (Å²) in [5.74, 6) is 0.452. The Morgan fingerprint density at radius 3 is 2.33 bits per heavy atom. The maximum Gasteiger partial charge on any atom is 0.390 e. The highest BCUT2D eigenvalue weighted by Gasteiger charge is 2.27. The summed E-state index contributed by atoms with van der Waals surface area (Å²) in [6, 6.07) is 0. The highest BCUT2D eigenvalue weighted by atomic mass is 79.9. The van der Waals surface area contributed by atoms with Crippen LogP contribution >= 0.6 is 15.9 Å². The molecule has 0 aliphatic rings. The molecule has 0 fully saturated rings. The molecular formula is C10H19BrF3N. The van der Waals surface area contributed by atoms with Crippen LogP contribution in [0.3, 0.4) is 0 Å². The predicted molar refractivity (Wildman–Crippen MR) is 60.4 cm³/mol. The number of rotatable bonds is 7. The summed E-state index contributed by atoms with van der Waals surface area (Å²) in [5.41, 5.74) is 0. The minimum absolute atomic E-state index is 0.0940. The lowest BCUT2D eigenvalue weighted by atomic mass is 10.1. The SMILES string of the molecule is CCCC(CBr)CN(C)CCC(F)(F)F. The van der Waals surface area contributed by atoms with Gasteiger partial charge in [0.05, 0.1) is 6.42 Å². The molecular weight excluding hydrogens is 271 g/mol. The van der Waals surface area contributed by atoms with Gasteiger partial charge in [0.2, 0.25) is 0 Å². The molecule has 0 amide bonds. The molecule has 0 radical (unpaired) electrons. The van der Waals surface area contributed by atoms with E-state index in [4.69, 9.17) is 0 Å². The zero-order chi connectivity index (χ0) is 11.9. The molecule has 15 heavy (non-hydrogen) atoms. The smallest absolute Gasteiger partial charge is 0.306 e. The molecule has 0 rings (SSSR count). The lowest BCUT2D eigenvalue weighted by Crippen LogP contribution is -2.30. The van der Waals surface area contributed by atoms with Crippen LogP contribution < -0.4 is 0 Å². The molecule has 0 heterocycles. The summed E-state index contributed by atoms with van der Waals surface area (Å²) in [7, 11) is 1.75. The molecule has 0 aromatic rings. The van der Waals surface area contributed by atoms with Crippen molar-refractivity contribution in [3.05, 3.63) is 0 Å². The van der Waals surface area contributed by atoms with Crippen LogP contribution in [0.25, 0.3) is 0 Å². The zero-order valence-electron chi connectivity index (χ0n) is 9.28. The van der Waals surface area contributed by atoms with Crippen LogP contribution in [0.1, 0.15) is 26.2 Å². The predicted octanol–water partition coefficient (Wildman–Crippen LogP) is 3.68. The maximum atomic E-state index is 11.9. The molecule has 0 N–H and O–H groups in total. The van der Waals surface area contributed by atoms with Gasteiger partial charge in [0.15, 0.2) is 0 Å². The Morgan fingerprint density at radius 2 is 1.93 bits per heavy atom. The van der Waals surface area contributed by atoms with Crippen molar-refractivity contribution in [2.24, 2.45) is 5.92 Å². The van der Waals surface area contributed by atoms with Crippen LogP contribution in [0.15, 0.2) is 0 Å². The molecule has 92 valence electrons. The van der Waals surface area contributed by atoms with Crippen LogP contribution in [0, 0.1) is 5.92 Å². The first kappa shape index (κ1) is 15.2. The number of alkyl halides is 4. The van der Waals surface area contributed by atoms with E-state index in [1.165, 1.54) is 0 Å². The van der Waals surface area contributed by atoms with Gasteiger partial charge in [-0.2, -0.15) is 13.2 Å². The molecule has 0 aromatic carbocycles. The highest BCUT2D eigenvalue weighted by molar-refractivity contribution is 9.09. The van der Waals surface area contributed by atoms with Gasteiger partial charge in [0.1, 0.15) is 0 Å². The summed E-state index contributed by atoms with van der Waals surface area (Å²) < 4.78 is 35.8. The van der Waals surface area contributed by atoms with Crippen molar-refractivity contribution in [1.82, 2.24) is 4.90 Å². The molecule has 0 spiro atoms. The van der Waals surface area contributed by atoms with Gasteiger partial charge in [-0.1, -0.05) is 29.3 Å². The lowest BCUT2D eigenvalue weighted by Gasteiger charge is -2.22. The van der Waals surface area contributed by atoms with Crippen LogP contribution in [0.4, 0.5) is 13.2 Å². The number of hydrogen-bond acceptors (Lipinski definition) is 1. The maximum absolute atomic E-state index is 11.9. The molecule has 1 unspecified atom stereocenters. The van der Waals surface area contributed by atoms with E-state index in [0.29, 0.717) is 5.92 Å². The summed E-state index contributed by atoms with van der Waals surface area (Å²) in [6.07, 6.45) is -2.63. The fourth-order valence-corrected chi connectivity index (χ4v) is 2.00. The molecule has 0 aromatic heterocycles. The van der Waals surface area contributed by atoms with Crippen molar-refractivity contribution in [1.29, 1.82) is 0 Å². The average molecular weight is 290 g/mol. The minimum atomic E-state index is -4.04. The van der Waals surface area contributed by atoms with Crippen LogP contribution in [0.2, 0.25) is 0 Å². The topological polar surface area (TPSA) is 3.24 Å². The quantitative estimate of drug-likeness (QED) is 0.646. The largest absolute Gasteiger partial charge is 0.390 e. The van der Waals surface area contributed by atoms with E-state index in [9.17, 15) is 13.2 Å². The van der Waals surface area contributed by atoms with Gasteiger partial charge in [-0.3, -0.25) is 0 Å². The molecule has 0 saturated heterocycles. The first-order valence-electron chi connectivity index (χ1n) is 5.20. The second-order valence-corrected chi connectivity index (χ2v) is 4.58. The van der Waals surface area contributed by atoms with Gasteiger partial charge in [0, 0.05) is 18.4 Å². The normalized spacial score (nSPS) is 14.6. The van der Waals surface area contributed by atoms with Gasteiger partial charge in [-0.05, 0) is 19.4 Å². The minimum Gasteiger partial charge on any atom is -0.306 e. The number of halogens is 4. The fourth-order valence-electron chi connectivity index (χ4n) is 1.48. The summed E-state index contributed by atoms with van der Waals surface area (Å²) in [6.45, 7) is 2.91. The van der Waals surface area contributed by atoms with E-state index >= 15 is 0 Å². The standard InChI is InChI=1S/C10H19BrF3N/c1-3-4-9(7-11)8-15(2)6-5-10(12,13)14/h9H,3-8H2,1-2H3. The van der Waals surface area contributed by atoms with Crippen molar-refractivity contribution in [3.8, 4) is 0 Å². The van der Waals surface area contributed by atoms with Crippen molar-refractivity contribution in [3.63, 3.8) is 0 Å². The van der Waals surface area contributed by atoms with Gasteiger partial charge < -0.3 is 4.90 Å². The molecule has 0 bridgehead atoms. The third-order valence-electron chi connectivity index (χ3n) is 2.26. The first-order chi connectivity index (χ1) is 6.89. The van der Waals surface area contributed by atoms with Crippen molar-refractivity contribution in [2.75, 3.05) is 25.5 Å². The van der Waals surface area contributed by atoms with E-state index < -0.39 is 12.6 Å². The molecule has 0 aliphatic carbocycles. The Kier molecular flexibility index (Phi) is 7.61. The van der Waals surface area contributed by atoms with Crippen molar-refractivity contribution >= 4 is 15.9 Å². The molecule has 1 nitrogen and oxygen atoms in total. The van der Waals surface area contributed by atoms with Gasteiger partial charge >= 0.3 is 6.18 Å². The molecule has 0 aliphatic heterocycles. The van der Waals surface area contributed by atoms with E-state index in [1.807, 2.05) is 0 Å². The van der Waals surface area contributed by atoms with E-state index in [0.717, 1.165) is 24.7 Å². The second-order valence-electron chi connectivity index (χ2n) is 3.94. The molecule has 1 atom stereocenters. The van der Waals surface area contributed by atoms with E-state index in [1.54, 1.807) is 11.9 Å². The van der Waals surface area contributed by atoms with Crippen molar-refractivity contribution in [2.45, 2.75) is 32.4 Å². The van der Waals surface area contributed by atoms with Gasteiger partial charge in [-0.15, -0.1) is 0 Å². The zero-order valence-corrected chi connectivity index (χ0v) is 10.9. The number of nitrogens with zero attached hydrogens (tertiary/aromatic N) is 1. The summed E-state index contributed by atoms with van der Waals surface area (Å²) in [5, 5.41) is 0.858. The summed E-state index contributed by atoms with van der Waals surface area (Å²) >= 11 is 3.39. The molecule has 5 heteroatoms. The Labute approximate surface area is 98.1 Å². The second kappa shape index (κ2) is 7.49. The third kappa shape index (κ3) is 9.18. The van der Waals surface area contributed by atoms with E-state index in [2.05, 4.69) is 22.9 Å². The van der Waals surface area contributed by atoms with Gasteiger partial charge in [-0.25, -0.2) is 0 Å². The Hall–Kier alpha value is 0.230. The lowest BCUT2D eigenvalue weighted by molar-refractivity contribution is -0.137. The monoisotopic (exact) mass is 289 g/mol.